The zero-order chi connectivity index (χ0) is 27.1. The van der Waals surface area contributed by atoms with E-state index in [9.17, 15) is 0 Å². The molecule has 0 aliphatic carbocycles. The van der Waals surface area contributed by atoms with E-state index in [-0.39, 0.29) is 0 Å². The number of carboxylic acids is 2. The Morgan fingerprint density at radius 3 is 2.24 bits per heavy atom. The van der Waals surface area contributed by atoms with Crippen molar-refractivity contribution in [3.63, 3.8) is 0 Å². The fourth-order valence-corrected chi connectivity index (χ4v) is 4.08. The number of carbonyl (C=O) groups is 2. The zero-order valence-electron chi connectivity index (χ0n) is 21.1. The van der Waals surface area contributed by atoms with Crippen LogP contribution in [0, 0.1) is 13.8 Å². The summed E-state index contributed by atoms with van der Waals surface area (Å²) in [6, 6.07) is 16.5. The van der Waals surface area contributed by atoms with E-state index >= 15 is 0 Å². The van der Waals surface area contributed by atoms with Crippen molar-refractivity contribution in [3.8, 4) is 22.6 Å². The number of anilines is 1. The standard InChI is InChI=1S/C25H26N6O.C2H2O4/c1-18-15-23(32-29-18)22-16-27-25(28-24(22)21-9-6-10-26-19(21)2)31-13-11-30(12-14-31)17-20-7-4-3-5-8-20;3-1(4)2(5)6/h3-10,15-16H,11-14,17H2,1-2H3;(H,3,4)(H,5,6). The van der Waals surface area contributed by atoms with Crippen molar-refractivity contribution in [2.45, 2.75) is 20.4 Å². The highest BCUT2D eigenvalue weighted by molar-refractivity contribution is 6.27. The van der Waals surface area contributed by atoms with Crippen molar-refractivity contribution in [3.05, 3.63) is 77.9 Å². The van der Waals surface area contributed by atoms with Crippen molar-refractivity contribution in [1.29, 1.82) is 0 Å². The van der Waals surface area contributed by atoms with Crippen LogP contribution < -0.4 is 4.90 Å². The van der Waals surface area contributed by atoms with Crippen LogP contribution >= 0.6 is 0 Å². The molecule has 0 radical (unpaired) electrons. The molecule has 0 saturated carbocycles. The number of benzene rings is 1. The van der Waals surface area contributed by atoms with Gasteiger partial charge in [-0.05, 0) is 31.5 Å². The van der Waals surface area contributed by atoms with Crippen LogP contribution in [0.4, 0.5) is 5.95 Å². The van der Waals surface area contributed by atoms with Crippen LogP contribution in [0.3, 0.4) is 0 Å². The number of piperazine rings is 1. The lowest BCUT2D eigenvalue weighted by molar-refractivity contribution is -0.159. The summed E-state index contributed by atoms with van der Waals surface area (Å²) in [7, 11) is 0. The highest BCUT2D eigenvalue weighted by atomic mass is 16.5. The third-order valence-corrected chi connectivity index (χ3v) is 6.02. The van der Waals surface area contributed by atoms with Gasteiger partial charge in [-0.3, -0.25) is 9.88 Å². The van der Waals surface area contributed by atoms with Gasteiger partial charge in [0.15, 0.2) is 5.76 Å². The average molecular weight is 517 g/mol. The highest BCUT2D eigenvalue weighted by Gasteiger charge is 2.22. The molecule has 0 amide bonds. The van der Waals surface area contributed by atoms with E-state index < -0.39 is 11.9 Å². The molecule has 0 atom stereocenters. The molecule has 1 aliphatic heterocycles. The molecule has 4 aromatic rings. The van der Waals surface area contributed by atoms with Crippen molar-refractivity contribution in [2.75, 3.05) is 31.1 Å². The molecule has 4 heterocycles. The molecule has 196 valence electrons. The molecule has 11 nitrogen and oxygen atoms in total. The van der Waals surface area contributed by atoms with Gasteiger partial charge in [-0.1, -0.05) is 35.5 Å². The molecule has 5 rings (SSSR count). The van der Waals surface area contributed by atoms with Crippen molar-refractivity contribution < 1.29 is 24.3 Å². The number of hydrogen-bond donors (Lipinski definition) is 2. The van der Waals surface area contributed by atoms with Gasteiger partial charge < -0.3 is 19.6 Å². The second kappa shape index (κ2) is 12.1. The largest absolute Gasteiger partial charge is 0.473 e. The number of aromatic nitrogens is 4. The van der Waals surface area contributed by atoms with Gasteiger partial charge in [0.05, 0.1) is 17.0 Å². The first kappa shape index (κ1) is 26.4. The molecular formula is C27H28N6O5. The highest BCUT2D eigenvalue weighted by Crippen LogP contribution is 2.33. The summed E-state index contributed by atoms with van der Waals surface area (Å²) in [6.07, 6.45) is 3.64. The molecule has 2 N–H and O–H groups in total. The molecule has 0 spiro atoms. The number of aliphatic carboxylic acids is 2. The quantitative estimate of drug-likeness (QED) is 0.377. The van der Waals surface area contributed by atoms with E-state index in [2.05, 4.69) is 50.3 Å². The topological polar surface area (TPSA) is 146 Å². The summed E-state index contributed by atoms with van der Waals surface area (Å²) in [4.78, 5) is 37.1. The van der Waals surface area contributed by atoms with Crippen molar-refractivity contribution >= 4 is 17.9 Å². The second-order valence-electron chi connectivity index (χ2n) is 8.76. The monoisotopic (exact) mass is 516 g/mol. The predicted molar refractivity (Wildman–Crippen MR) is 139 cm³/mol. The Morgan fingerprint density at radius 2 is 1.63 bits per heavy atom. The number of aryl methyl sites for hydroxylation is 2. The lowest BCUT2D eigenvalue weighted by Crippen LogP contribution is -2.46. The zero-order valence-corrected chi connectivity index (χ0v) is 21.1. The van der Waals surface area contributed by atoms with Gasteiger partial charge in [0.1, 0.15) is 0 Å². The van der Waals surface area contributed by atoms with Crippen LogP contribution in [0.15, 0.2) is 65.4 Å². The van der Waals surface area contributed by atoms with Gasteiger partial charge in [-0.15, -0.1) is 0 Å². The van der Waals surface area contributed by atoms with E-state index in [4.69, 9.17) is 34.3 Å². The summed E-state index contributed by atoms with van der Waals surface area (Å²) in [6.45, 7) is 8.60. The Morgan fingerprint density at radius 1 is 0.921 bits per heavy atom. The molecule has 1 saturated heterocycles. The minimum absolute atomic E-state index is 0.667. The van der Waals surface area contributed by atoms with E-state index in [0.29, 0.717) is 5.76 Å². The first-order chi connectivity index (χ1) is 18.3. The molecule has 1 aromatic carbocycles. The number of pyridine rings is 1. The maximum atomic E-state index is 9.10. The molecule has 1 aliphatic rings. The van der Waals surface area contributed by atoms with Crippen LogP contribution in [0.25, 0.3) is 22.6 Å². The molecular weight excluding hydrogens is 488 g/mol. The molecule has 38 heavy (non-hydrogen) atoms. The van der Waals surface area contributed by atoms with E-state index in [1.165, 1.54) is 5.56 Å². The van der Waals surface area contributed by atoms with Crippen molar-refractivity contribution in [1.82, 2.24) is 25.0 Å². The molecule has 0 bridgehead atoms. The summed E-state index contributed by atoms with van der Waals surface area (Å²) >= 11 is 0. The summed E-state index contributed by atoms with van der Waals surface area (Å²) in [5.41, 5.74) is 5.72. The van der Waals surface area contributed by atoms with Crippen LogP contribution in [0.1, 0.15) is 17.0 Å². The van der Waals surface area contributed by atoms with E-state index in [1.807, 2.05) is 38.2 Å². The van der Waals surface area contributed by atoms with Gasteiger partial charge in [-0.25, -0.2) is 19.6 Å². The van der Waals surface area contributed by atoms with Crippen LogP contribution in [-0.4, -0.2) is 73.3 Å². The smallest absolute Gasteiger partial charge is 0.414 e. The fraction of sp³-hybridized carbons (Fsp3) is 0.259. The predicted octanol–water partition coefficient (Wildman–Crippen LogP) is 3.29. The molecule has 0 unspecified atom stereocenters. The Kier molecular flexibility index (Phi) is 8.39. The van der Waals surface area contributed by atoms with Gasteiger partial charge in [-0.2, -0.15) is 0 Å². The number of rotatable bonds is 5. The Balaban J connectivity index is 0.000000505. The van der Waals surface area contributed by atoms with E-state index in [1.54, 1.807) is 6.20 Å². The minimum Gasteiger partial charge on any atom is -0.473 e. The maximum absolute atomic E-state index is 9.10. The van der Waals surface area contributed by atoms with Crippen LogP contribution in [-0.2, 0) is 16.1 Å². The third kappa shape index (κ3) is 6.56. The van der Waals surface area contributed by atoms with Crippen molar-refractivity contribution in [2.24, 2.45) is 0 Å². The summed E-state index contributed by atoms with van der Waals surface area (Å²) in [5, 5.41) is 18.8. The van der Waals surface area contributed by atoms with Gasteiger partial charge >= 0.3 is 11.9 Å². The minimum atomic E-state index is -1.82. The first-order valence-electron chi connectivity index (χ1n) is 12.0. The van der Waals surface area contributed by atoms with Crippen LogP contribution in [0.5, 0.6) is 0 Å². The van der Waals surface area contributed by atoms with Gasteiger partial charge in [0, 0.05) is 62.4 Å². The van der Waals surface area contributed by atoms with Crippen LogP contribution in [0.2, 0.25) is 0 Å². The molecule has 11 heteroatoms. The van der Waals surface area contributed by atoms with Gasteiger partial charge in [0.25, 0.3) is 0 Å². The maximum Gasteiger partial charge on any atom is 0.414 e. The Bertz CT molecular complexity index is 1390. The number of hydrogen-bond acceptors (Lipinski definition) is 9. The Labute approximate surface area is 219 Å². The summed E-state index contributed by atoms with van der Waals surface area (Å²) < 4.78 is 5.54. The second-order valence-corrected chi connectivity index (χ2v) is 8.76. The first-order valence-corrected chi connectivity index (χ1v) is 12.0. The normalized spacial score (nSPS) is 13.5. The average Bonchev–Trinajstić information content (AvgIpc) is 3.36. The lowest BCUT2D eigenvalue weighted by Gasteiger charge is -2.35. The lowest BCUT2D eigenvalue weighted by atomic mass is 10.0. The summed E-state index contributed by atoms with van der Waals surface area (Å²) in [5.74, 6) is -2.24. The molecule has 3 aromatic heterocycles. The van der Waals surface area contributed by atoms with E-state index in [0.717, 1.165) is 66.9 Å². The molecule has 1 fully saturated rings. The number of nitrogens with zero attached hydrogens (tertiary/aromatic N) is 6. The number of carboxylic acid groups (broad SMARTS) is 2. The Hall–Kier alpha value is -4.64. The third-order valence-electron chi connectivity index (χ3n) is 6.02. The fourth-order valence-electron chi connectivity index (χ4n) is 4.08. The SMILES string of the molecule is Cc1cc(-c2cnc(N3CCN(Cc4ccccc4)CC3)nc2-c2cccnc2C)on1.O=C(O)C(=O)O. The van der Waals surface area contributed by atoms with Gasteiger partial charge in [0.2, 0.25) is 5.95 Å².